The molecule has 3 fully saturated rings. The normalized spacial score (nSPS) is 26.4. The van der Waals surface area contributed by atoms with Crippen molar-refractivity contribution in [3.63, 3.8) is 0 Å². The van der Waals surface area contributed by atoms with Gasteiger partial charge >= 0.3 is 12.2 Å². The summed E-state index contributed by atoms with van der Waals surface area (Å²) in [4.78, 5) is 43.5. The largest absolute Gasteiger partial charge is 0.474 e. The number of anilines is 1. The van der Waals surface area contributed by atoms with Gasteiger partial charge in [-0.25, -0.2) is 9.78 Å². The Balaban J connectivity index is 1.18. The molecule has 2 saturated carbocycles. The third-order valence-corrected chi connectivity index (χ3v) is 6.84. The summed E-state index contributed by atoms with van der Waals surface area (Å²) in [5.41, 5.74) is 4.96. The second-order valence-corrected chi connectivity index (χ2v) is 9.11. The summed E-state index contributed by atoms with van der Waals surface area (Å²) in [5.74, 6) is -0.788. The van der Waals surface area contributed by atoms with E-state index < -0.39 is 23.7 Å². The van der Waals surface area contributed by atoms with Crippen LogP contribution < -0.4 is 15.4 Å². The number of ether oxygens (including phenoxy) is 1. The summed E-state index contributed by atoms with van der Waals surface area (Å²) >= 11 is 0. The Morgan fingerprint density at radius 3 is 2.38 bits per heavy atom. The van der Waals surface area contributed by atoms with E-state index in [1.807, 2.05) is 0 Å². The lowest BCUT2D eigenvalue weighted by molar-refractivity contribution is -0.139. The molecule has 34 heavy (non-hydrogen) atoms. The van der Waals surface area contributed by atoms with Crippen LogP contribution in [-0.4, -0.2) is 46.4 Å². The van der Waals surface area contributed by atoms with Crippen molar-refractivity contribution in [2.24, 2.45) is 11.1 Å². The highest BCUT2D eigenvalue weighted by Crippen LogP contribution is 2.58. The van der Waals surface area contributed by atoms with E-state index in [9.17, 15) is 27.6 Å². The maximum absolute atomic E-state index is 12.9. The maximum atomic E-state index is 12.9. The minimum atomic E-state index is -4.47. The lowest BCUT2D eigenvalue weighted by Crippen LogP contribution is -2.60. The number of rotatable bonds is 5. The molecule has 178 valence electrons. The van der Waals surface area contributed by atoms with E-state index in [0.29, 0.717) is 25.7 Å². The van der Waals surface area contributed by atoms with Crippen molar-refractivity contribution in [3.05, 3.63) is 53.7 Å². The van der Waals surface area contributed by atoms with Crippen LogP contribution in [0.1, 0.15) is 41.6 Å². The number of benzene rings is 1. The van der Waals surface area contributed by atoms with Gasteiger partial charge < -0.3 is 10.5 Å². The number of halogens is 3. The van der Waals surface area contributed by atoms with Crippen LogP contribution in [0.15, 0.2) is 42.6 Å². The van der Waals surface area contributed by atoms with Crippen LogP contribution in [-0.2, 0) is 11.0 Å². The number of amides is 4. The topological polar surface area (TPSA) is 106 Å². The first-order valence-corrected chi connectivity index (χ1v) is 10.8. The molecule has 4 amide bonds. The van der Waals surface area contributed by atoms with E-state index in [4.69, 9.17) is 10.5 Å². The molecule has 1 saturated heterocycles. The molecule has 2 heterocycles. The Hall–Kier alpha value is -3.63. The van der Waals surface area contributed by atoms with Crippen LogP contribution in [0, 0.1) is 5.41 Å². The lowest BCUT2D eigenvalue weighted by Gasteiger charge is -2.58. The number of carbonyl (C=O) groups is 3. The smallest absolute Gasteiger partial charge is 0.416 e. The number of hydrogen-bond donors (Lipinski definition) is 1. The van der Waals surface area contributed by atoms with Gasteiger partial charge in [-0.1, -0.05) is 0 Å². The number of nitrogens with two attached hydrogens (primary N) is 1. The zero-order valence-electron chi connectivity index (χ0n) is 17.9. The SMILES string of the molecule is NC(=O)c1cccnc1O[C@H]1CC2(C1)C[C@H](N1C(=O)CN(c3ccc(C(F)(F)F)cc3)C1=O)C2. The van der Waals surface area contributed by atoms with Crippen molar-refractivity contribution < 1.29 is 32.3 Å². The average molecular weight is 474 g/mol. The van der Waals surface area contributed by atoms with E-state index in [-0.39, 0.29) is 47.1 Å². The molecule has 0 atom stereocenters. The first kappa shape index (κ1) is 22.2. The standard InChI is InChI=1S/C23H21F3N4O4/c24-23(25,26)13-3-5-14(6-4-13)29-12-18(31)30(21(29)33)15-8-22(9-15)10-16(11-22)34-20-17(19(27)32)2-1-7-28-20/h1-7,15-16H,8-12H2,(H2,27,32)/t15-,16-,22?. The van der Waals surface area contributed by atoms with Crippen LogP contribution >= 0.6 is 0 Å². The zero-order chi connectivity index (χ0) is 24.3. The highest BCUT2D eigenvalue weighted by atomic mass is 19.4. The summed E-state index contributed by atoms with van der Waals surface area (Å²) in [6.45, 7) is -0.199. The number of urea groups is 1. The minimum absolute atomic E-state index is 0.0423. The summed E-state index contributed by atoms with van der Waals surface area (Å²) < 4.78 is 44.2. The van der Waals surface area contributed by atoms with E-state index in [2.05, 4.69) is 4.98 Å². The molecule has 11 heteroatoms. The molecule has 0 unspecified atom stereocenters. The first-order chi connectivity index (χ1) is 16.1. The molecule has 3 aliphatic rings. The maximum Gasteiger partial charge on any atom is 0.416 e. The molecule has 1 aromatic heterocycles. The number of carbonyl (C=O) groups excluding carboxylic acids is 3. The van der Waals surface area contributed by atoms with E-state index in [0.717, 1.165) is 12.1 Å². The molecular weight excluding hydrogens is 453 g/mol. The van der Waals surface area contributed by atoms with Gasteiger partial charge in [-0.05, 0) is 67.5 Å². The van der Waals surface area contributed by atoms with Gasteiger partial charge in [0.05, 0.1) is 5.56 Å². The molecule has 1 spiro atoms. The number of pyridine rings is 1. The molecule has 8 nitrogen and oxygen atoms in total. The van der Waals surface area contributed by atoms with Gasteiger partial charge in [0.1, 0.15) is 18.2 Å². The number of alkyl halides is 3. The van der Waals surface area contributed by atoms with Gasteiger partial charge in [-0.15, -0.1) is 0 Å². The quantitative estimate of drug-likeness (QED) is 0.669. The molecular formula is C23H21F3N4O4. The van der Waals surface area contributed by atoms with Gasteiger partial charge in [0.25, 0.3) is 11.8 Å². The lowest BCUT2D eigenvalue weighted by atomic mass is 9.52. The number of imide groups is 1. The fraction of sp³-hybridized carbons (Fsp3) is 0.391. The van der Waals surface area contributed by atoms with Crippen LogP contribution in [0.2, 0.25) is 0 Å². The fourth-order valence-corrected chi connectivity index (χ4v) is 5.18. The van der Waals surface area contributed by atoms with Crippen molar-refractivity contribution in [2.45, 2.75) is 44.0 Å². The van der Waals surface area contributed by atoms with Gasteiger partial charge in [0, 0.05) is 17.9 Å². The van der Waals surface area contributed by atoms with Crippen LogP contribution in [0.4, 0.5) is 23.7 Å². The number of hydrogen-bond acceptors (Lipinski definition) is 5. The summed E-state index contributed by atoms with van der Waals surface area (Å²) in [6.07, 6.45) is -0.413. The molecule has 0 radical (unpaired) electrons. The number of primary amides is 1. The monoisotopic (exact) mass is 474 g/mol. The highest BCUT2D eigenvalue weighted by molar-refractivity contribution is 6.12. The third-order valence-electron chi connectivity index (χ3n) is 6.84. The first-order valence-electron chi connectivity index (χ1n) is 10.8. The summed E-state index contributed by atoms with van der Waals surface area (Å²) in [6, 6.07) is 6.57. The Kier molecular flexibility index (Phi) is 5.03. The van der Waals surface area contributed by atoms with Crippen molar-refractivity contribution in [1.29, 1.82) is 0 Å². The van der Waals surface area contributed by atoms with E-state index in [1.54, 1.807) is 12.1 Å². The predicted molar refractivity (Wildman–Crippen MR) is 113 cm³/mol. The zero-order valence-corrected chi connectivity index (χ0v) is 17.9. The van der Waals surface area contributed by atoms with Crippen LogP contribution in [0.3, 0.4) is 0 Å². The van der Waals surface area contributed by atoms with Gasteiger partial charge in [0.15, 0.2) is 0 Å². The second-order valence-electron chi connectivity index (χ2n) is 9.11. The molecule has 5 rings (SSSR count). The van der Waals surface area contributed by atoms with Gasteiger partial charge in [-0.3, -0.25) is 19.4 Å². The number of aromatic nitrogens is 1. The summed E-state index contributed by atoms with van der Waals surface area (Å²) in [7, 11) is 0. The molecule has 2 aromatic rings. The molecule has 0 bridgehead atoms. The Labute approximate surface area is 192 Å². The molecule has 1 aromatic carbocycles. The highest BCUT2D eigenvalue weighted by Gasteiger charge is 2.58. The van der Waals surface area contributed by atoms with Crippen LogP contribution in [0.5, 0.6) is 5.88 Å². The predicted octanol–water partition coefficient (Wildman–Crippen LogP) is 3.36. The van der Waals surface area contributed by atoms with Crippen molar-refractivity contribution in [2.75, 3.05) is 11.4 Å². The Bertz CT molecular complexity index is 1150. The average Bonchev–Trinajstić information content (AvgIpc) is 3.02. The van der Waals surface area contributed by atoms with Crippen molar-refractivity contribution in [1.82, 2.24) is 9.88 Å². The van der Waals surface area contributed by atoms with Gasteiger partial charge in [0.2, 0.25) is 5.88 Å². The number of nitrogens with zero attached hydrogens (tertiary/aromatic N) is 3. The van der Waals surface area contributed by atoms with Crippen LogP contribution in [0.25, 0.3) is 0 Å². The molecule has 1 aliphatic heterocycles. The minimum Gasteiger partial charge on any atom is -0.474 e. The van der Waals surface area contributed by atoms with Gasteiger partial charge in [-0.2, -0.15) is 13.2 Å². The van der Waals surface area contributed by atoms with Crippen molar-refractivity contribution >= 4 is 23.5 Å². The van der Waals surface area contributed by atoms with Crippen molar-refractivity contribution in [3.8, 4) is 5.88 Å². The Morgan fingerprint density at radius 2 is 1.76 bits per heavy atom. The summed E-state index contributed by atoms with van der Waals surface area (Å²) in [5, 5.41) is 0. The second kappa shape index (κ2) is 7.71. The molecule has 2 aliphatic carbocycles. The third kappa shape index (κ3) is 3.74. The fourth-order valence-electron chi connectivity index (χ4n) is 5.18. The molecule has 2 N–H and O–H groups in total. The van der Waals surface area contributed by atoms with E-state index >= 15 is 0 Å². The van der Waals surface area contributed by atoms with E-state index in [1.165, 1.54) is 28.1 Å². The Morgan fingerprint density at radius 1 is 1.09 bits per heavy atom.